The molecule has 0 bridgehead atoms. The third kappa shape index (κ3) is 7.68. The lowest BCUT2D eigenvalue weighted by atomic mass is 10.2. The summed E-state index contributed by atoms with van der Waals surface area (Å²) in [6, 6.07) is 9.11. The largest absolute Gasteiger partial charge is 0.466 e. The number of amides is 2. The number of nitrogens with one attached hydrogen (secondary N) is 2. The summed E-state index contributed by atoms with van der Waals surface area (Å²) >= 11 is 0. The lowest BCUT2D eigenvalue weighted by molar-refractivity contribution is -0.139. The van der Waals surface area contributed by atoms with Crippen LogP contribution in [0.4, 0.5) is 4.79 Å². The Hall–Kier alpha value is -2.83. The fourth-order valence-electron chi connectivity index (χ4n) is 1.41. The first-order chi connectivity index (χ1) is 10.6. The summed E-state index contributed by atoms with van der Waals surface area (Å²) in [5.74, 6) is -1.33. The zero-order chi connectivity index (χ0) is 16.2. The van der Waals surface area contributed by atoms with Gasteiger partial charge in [0.05, 0.1) is 13.7 Å². The lowest BCUT2D eigenvalue weighted by Gasteiger charge is -2.07. The molecule has 22 heavy (non-hydrogen) atoms. The van der Waals surface area contributed by atoms with Crippen molar-refractivity contribution in [3.8, 4) is 0 Å². The van der Waals surface area contributed by atoms with Crippen molar-refractivity contribution in [3.63, 3.8) is 0 Å². The second-order valence-corrected chi connectivity index (χ2v) is 4.12. The topological polar surface area (TPSA) is 93.7 Å². The van der Waals surface area contributed by atoms with Gasteiger partial charge in [-0.25, -0.2) is 14.4 Å². The molecule has 1 rings (SSSR count). The Morgan fingerprint density at radius 3 is 2.41 bits per heavy atom. The predicted molar refractivity (Wildman–Crippen MR) is 78.8 cm³/mol. The van der Waals surface area contributed by atoms with Gasteiger partial charge in [-0.2, -0.15) is 0 Å². The van der Waals surface area contributed by atoms with Crippen LogP contribution in [-0.4, -0.2) is 38.2 Å². The molecule has 0 saturated carbocycles. The zero-order valence-electron chi connectivity index (χ0n) is 12.2. The smallest absolute Gasteiger partial charge is 0.331 e. The minimum absolute atomic E-state index is 0.00308. The molecule has 7 heteroatoms. The third-order valence-corrected chi connectivity index (χ3v) is 2.48. The molecule has 0 saturated heterocycles. The predicted octanol–water partition coefficient (Wildman–Crippen LogP) is 0.758. The molecule has 0 aliphatic rings. The van der Waals surface area contributed by atoms with E-state index in [1.54, 1.807) is 0 Å². The minimum atomic E-state index is -0.683. The van der Waals surface area contributed by atoms with Crippen LogP contribution in [0.25, 0.3) is 0 Å². The first-order valence-corrected chi connectivity index (χ1v) is 6.60. The lowest BCUT2D eigenvalue weighted by Crippen LogP contribution is -2.37. The van der Waals surface area contributed by atoms with Gasteiger partial charge in [0.25, 0.3) is 0 Å². The monoisotopic (exact) mass is 306 g/mol. The Kier molecular flexibility index (Phi) is 7.81. The number of urea groups is 1. The van der Waals surface area contributed by atoms with Gasteiger partial charge < -0.3 is 20.1 Å². The molecule has 2 amide bonds. The molecule has 0 heterocycles. The van der Waals surface area contributed by atoms with Crippen molar-refractivity contribution in [1.29, 1.82) is 0 Å². The van der Waals surface area contributed by atoms with E-state index in [0.29, 0.717) is 6.54 Å². The van der Waals surface area contributed by atoms with Crippen LogP contribution in [0.5, 0.6) is 0 Å². The number of hydrogen-bond donors (Lipinski definition) is 2. The van der Waals surface area contributed by atoms with Crippen LogP contribution >= 0.6 is 0 Å². The normalized spacial score (nSPS) is 10.0. The maximum Gasteiger partial charge on any atom is 0.331 e. The fourth-order valence-corrected chi connectivity index (χ4v) is 1.41. The van der Waals surface area contributed by atoms with Crippen LogP contribution < -0.4 is 10.6 Å². The maximum atomic E-state index is 11.5. The molecule has 1 aromatic carbocycles. The SMILES string of the molecule is COC(=O)/C=C/C(=O)OCCNC(=O)NCc1ccccc1. The van der Waals surface area contributed by atoms with Crippen molar-refractivity contribution in [2.24, 2.45) is 0 Å². The molecule has 0 aliphatic heterocycles. The Labute approximate surface area is 128 Å². The van der Waals surface area contributed by atoms with Gasteiger partial charge in [0.2, 0.25) is 0 Å². The number of carbonyl (C=O) groups is 3. The number of hydrogen-bond acceptors (Lipinski definition) is 5. The molecule has 7 nitrogen and oxygen atoms in total. The van der Waals surface area contributed by atoms with Crippen molar-refractivity contribution in [1.82, 2.24) is 10.6 Å². The fraction of sp³-hybridized carbons (Fsp3) is 0.267. The maximum absolute atomic E-state index is 11.5. The van der Waals surface area contributed by atoms with Gasteiger partial charge in [0.15, 0.2) is 0 Å². The van der Waals surface area contributed by atoms with Crippen LogP contribution in [0, 0.1) is 0 Å². The number of benzene rings is 1. The molecule has 118 valence electrons. The summed E-state index contributed by atoms with van der Waals surface area (Å²) in [5.41, 5.74) is 0.983. The number of methoxy groups -OCH3 is 1. The van der Waals surface area contributed by atoms with E-state index >= 15 is 0 Å². The number of rotatable bonds is 7. The standard InChI is InChI=1S/C15H18N2O5/c1-21-13(18)7-8-14(19)22-10-9-16-15(20)17-11-12-5-3-2-4-6-12/h2-8H,9-11H2,1H3,(H2,16,17,20)/b8-7+. The van der Waals surface area contributed by atoms with E-state index in [0.717, 1.165) is 17.7 Å². The van der Waals surface area contributed by atoms with Gasteiger partial charge in [0, 0.05) is 18.7 Å². The molecule has 0 fully saturated rings. The molecule has 0 aliphatic carbocycles. The quantitative estimate of drug-likeness (QED) is 0.440. The summed E-state index contributed by atoms with van der Waals surface area (Å²) in [7, 11) is 1.20. The van der Waals surface area contributed by atoms with Crippen LogP contribution in [0.3, 0.4) is 0 Å². The molecular weight excluding hydrogens is 288 g/mol. The minimum Gasteiger partial charge on any atom is -0.466 e. The highest BCUT2D eigenvalue weighted by atomic mass is 16.5. The highest BCUT2D eigenvalue weighted by Gasteiger charge is 2.02. The average molecular weight is 306 g/mol. The Morgan fingerprint density at radius 2 is 1.73 bits per heavy atom. The highest BCUT2D eigenvalue weighted by molar-refractivity contribution is 5.91. The molecule has 0 aromatic heterocycles. The van der Waals surface area contributed by atoms with Crippen LogP contribution in [0.2, 0.25) is 0 Å². The van der Waals surface area contributed by atoms with Gasteiger partial charge >= 0.3 is 18.0 Å². The molecular formula is C15H18N2O5. The van der Waals surface area contributed by atoms with Crippen molar-refractivity contribution >= 4 is 18.0 Å². The van der Waals surface area contributed by atoms with Crippen molar-refractivity contribution in [2.75, 3.05) is 20.3 Å². The van der Waals surface area contributed by atoms with Crippen LogP contribution in [-0.2, 0) is 25.6 Å². The van der Waals surface area contributed by atoms with Crippen molar-refractivity contribution in [3.05, 3.63) is 48.0 Å². The van der Waals surface area contributed by atoms with Crippen molar-refractivity contribution < 1.29 is 23.9 Å². The van der Waals surface area contributed by atoms with Gasteiger partial charge in [0.1, 0.15) is 6.61 Å². The Balaban J connectivity index is 2.11. The summed E-state index contributed by atoms with van der Waals surface area (Å²) < 4.78 is 9.10. The van der Waals surface area contributed by atoms with Crippen LogP contribution in [0.1, 0.15) is 5.56 Å². The third-order valence-electron chi connectivity index (χ3n) is 2.48. The number of ether oxygens (including phenoxy) is 2. The second-order valence-electron chi connectivity index (χ2n) is 4.12. The molecule has 1 aromatic rings. The molecule has 0 unspecified atom stereocenters. The Bertz CT molecular complexity index is 528. The number of esters is 2. The zero-order valence-corrected chi connectivity index (χ0v) is 12.2. The van der Waals surface area contributed by atoms with E-state index < -0.39 is 11.9 Å². The van der Waals surface area contributed by atoms with Gasteiger partial charge in [-0.05, 0) is 5.56 Å². The van der Waals surface area contributed by atoms with E-state index in [2.05, 4.69) is 15.4 Å². The summed E-state index contributed by atoms with van der Waals surface area (Å²) in [6.07, 6.45) is 1.92. The summed E-state index contributed by atoms with van der Waals surface area (Å²) in [5, 5.41) is 5.21. The molecule has 0 radical (unpaired) electrons. The second kappa shape index (κ2) is 9.98. The van der Waals surface area contributed by atoms with E-state index in [9.17, 15) is 14.4 Å². The average Bonchev–Trinajstić information content (AvgIpc) is 2.55. The van der Waals surface area contributed by atoms with Gasteiger partial charge in [-0.3, -0.25) is 0 Å². The summed E-state index contributed by atoms with van der Waals surface area (Å²) in [6.45, 7) is 0.579. The van der Waals surface area contributed by atoms with E-state index in [1.165, 1.54) is 7.11 Å². The van der Waals surface area contributed by atoms with E-state index in [-0.39, 0.29) is 19.2 Å². The van der Waals surface area contributed by atoms with Gasteiger partial charge in [-0.1, -0.05) is 30.3 Å². The van der Waals surface area contributed by atoms with Crippen LogP contribution in [0.15, 0.2) is 42.5 Å². The van der Waals surface area contributed by atoms with E-state index in [4.69, 9.17) is 4.74 Å². The van der Waals surface area contributed by atoms with Gasteiger partial charge in [-0.15, -0.1) is 0 Å². The molecule has 0 atom stereocenters. The number of carbonyl (C=O) groups excluding carboxylic acids is 3. The van der Waals surface area contributed by atoms with E-state index in [1.807, 2.05) is 30.3 Å². The highest BCUT2D eigenvalue weighted by Crippen LogP contribution is 1.96. The first-order valence-electron chi connectivity index (χ1n) is 6.60. The van der Waals surface area contributed by atoms with Crippen molar-refractivity contribution in [2.45, 2.75) is 6.54 Å². The summed E-state index contributed by atoms with van der Waals surface area (Å²) in [4.78, 5) is 33.4. The molecule has 2 N–H and O–H groups in total. The first kappa shape index (κ1) is 17.2. The molecule has 0 spiro atoms. The Morgan fingerprint density at radius 1 is 1.05 bits per heavy atom.